The highest BCUT2D eigenvalue weighted by Gasteiger charge is 2.44. The molecule has 1 unspecified atom stereocenters. The number of benzene rings is 2. The van der Waals surface area contributed by atoms with E-state index in [4.69, 9.17) is 27.9 Å². The fourth-order valence-electron chi connectivity index (χ4n) is 4.46. The van der Waals surface area contributed by atoms with Crippen molar-refractivity contribution in [2.24, 2.45) is 0 Å². The Bertz CT molecular complexity index is 1030. The van der Waals surface area contributed by atoms with Gasteiger partial charge in [-0.05, 0) is 55.2 Å². The first-order chi connectivity index (χ1) is 14.9. The van der Waals surface area contributed by atoms with Crippen molar-refractivity contribution in [2.75, 3.05) is 19.7 Å². The summed E-state index contributed by atoms with van der Waals surface area (Å²) in [5.41, 5.74) is 2.23. The van der Waals surface area contributed by atoms with Gasteiger partial charge in [0.25, 0.3) is 0 Å². The van der Waals surface area contributed by atoms with E-state index in [9.17, 15) is 9.18 Å². The lowest BCUT2D eigenvalue weighted by molar-refractivity contribution is -0.161. The van der Waals surface area contributed by atoms with Crippen LogP contribution in [0, 0.1) is 11.8 Å². The molecule has 4 rings (SSSR count). The Morgan fingerprint density at radius 3 is 2.58 bits per heavy atom. The molecule has 0 radical (unpaired) electrons. The molecule has 6 heteroatoms. The molecule has 0 N–H and O–H groups in total. The first kappa shape index (κ1) is 22.1. The average molecular weight is 460 g/mol. The lowest BCUT2D eigenvalue weighted by Crippen LogP contribution is -2.47. The van der Waals surface area contributed by atoms with Gasteiger partial charge in [-0.15, -0.1) is 0 Å². The summed E-state index contributed by atoms with van der Waals surface area (Å²) in [6.07, 6.45) is 2.30. The largest absolute Gasteiger partial charge is 0.464 e. The van der Waals surface area contributed by atoms with E-state index in [-0.39, 0.29) is 25.5 Å². The third kappa shape index (κ3) is 4.60. The molecular weight excluding hydrogens is 436 g/mol. The molecule has 0 amide bonds. The van der Waals surface area contributed by atoms with Crippen LogP contribution in [0.2, 0.25) is 10.0 Å². The van der Waals surface area contributed by atoms with E-state index in [2.05, 4.69) is 28.9 Å². The number of ether oxygens (including phenoxy) is 1. The van der Waals surface area contributed by atoms with Gasteiger partial charge in [-0.3, -0.25) is 4.90 Å². The summed E-state index contributed by atoms with van der Waals surface area (Å²) in [4.78, 5) is 14.2. The van der Waals surface area contributed by atoms with Gasteiger partial charge in [-0.1, -0.05) is 47.2 Å². The summed E-state index contributed by atoms with van der Waals surface area (Å²) in [5.74, 6) is 5.53. The van der Waals surface area contributed by atoms with Crippen LogP contribution in [-0.4, -0.2) is 36.2 Å². The standard InChI is InChI=1S/C25H24Cl2FNO2/c1-2-31-24(30)25(28)12-14-29(15-13-25)23-11-8-18-16-17(6-9-19(18)23)7-10-20-21(26)4-3-5-22(20)27/h3-6,9,16,23H,2,8,11-15H2,1H3. The molecule has 0 bridgehead atoms. The molecule has 162 valence electrons. The van der Waals surface area contributed by atoms with Crippen LogP contribution in [0.1, 0.15) is 54.5 Å². The summed E-state index contributed by atoms with van der Waals surface area (Å²) in [6.45, 7) is 3.00. The molecule has 2 aliphatic rings. The average Bonchev–Trinajstić information content (AvgIpc) is 3.17. The van der Waals surface area contributed by atoms with E-state index in [1.807, 2.05) is 6.07 Å². The van der Waals surface area contributed by atoms with Crippen LogP contribution >= 0.6 is 23.2 Å². The first-order valence-corrected chi connectivity index (χ1v) is 11.4. The van der Waals surface area contributed by atoms with Crippen molar-refractivity contribution in [3.63, 3.8) is 0 Å². The molecule has 0 saturated carbocycles. The number of hydrogen-bond donors (Lipinski definition) is 0. The maximum absolute atomic E-state index is 14.9. The molecule has 1 atom stereocenters. The quantitative estimate of drug-likeness (QED) is 0.432. The fourth-order valence-corrected chi connectivity index (χ4v) is 4.95. The van der Waals surface area contributed by atoms with Crippen molar-refractivity contribution in [3.05, 3.63) is 68.7 Å². The number of carbonyl (C=O) groups is 1. The number of nitrogens with zero attached hydrogens (tertiary/aromatic N) is 1. The third-order valence-electron chi connectivity index (χ3n) is 6.16. The molecule has 3 nitrogen and oxygen atoms in total. The summed E-state index contributed by atoms with van der Waals surface area (Å²) in [6, 6.07) is 11.8. The number of carbonyl (C=O) groups excluding carboxylic acids is 1. The van der Waals surface area contributed by atoms with Gasteiger partial charge in [0, 0.05) is 37.5 Å². The predicted octanol–water partition coefficient (Wildman–Crippen LogP) is 5.75. The lowest BCUT2D eigenvalue weighted by Gasteiger charge is -2.38. The Kier molecular flexibility index (Phi) is 6.57. The molecule has 0 spiro atoms. The Balaban J connectivity index is 1.47. The second-order valence-electron chi connectivity index (χ2n) is 8.04. The number of fused-ring (bicyclic) bond motifs is 1. The number of alkyl halides is 1. The van der Waals surface area contributed by atoms with Gasteiger partial charge in [0.2, 0.25) is 5.67 Å². The number of likely N-dealkylation sites (tertiary alicyclic amines) is 1. The van der Waals surface area contributed by atoms with Gasteiger partial charge in [-0.2, -0.15) is 0 Å². The summed E-state index contributed by atoms with van der Waals surface area (Å²) < 4.78 is 19.8. The maximum atomic E-state index is 14.9. The van der Waals surface area contributed by atoms with E-state index >= 15 is 0 Å². The number of hydrogen-bond acceptors (Lipinski definition) is 3. The Morgan fingerprint density at radius 2 is 1.90 bits per heavy atom. The zero-order chi connectivity index (χ0) is 22.0. The van der Waals surface area contributed by atoms with Crippen LogP contribution in [0.4, 0.5) is 4.39 Å². The highest BCUT2D eigenvalue weighted by Crippen LogP contribution is 2.40. The topological polar surface area (TPSA) is 29.5 Å². The Labute approximate surface area is 192 Å². The van der Waals surface area contributed by atoms with Crippen molar-refractivity contribution in [3.8, 4) is 11.8 Å². The van der Waals surface area contributed by atoms with Crippen LogP contribution < -0.4 is 0 Å². The molecule has 1 fully saturated rings. The van der Waals surface area contributed by atoms with E-state index in [0.717, 1.165) is 18.4 Å². The van der Waals surface area contributed by atoms with Gasteiger partial charge in [0.05, 0.1) is 22.2 Å². The SMILES string of the molecule is CCOC(=O)C1(F)CCN(C2CCc3cc(C#Cc4c(Cl)cccc4Cl)ccc32)CC1. The first-order valence-electron chi connectivity index (χ1n) is 10.6. The minimum atomic E-state index is -1.85. The highest BCUT2D eigenvalue weighted by atomic mass is 35.5. The molecule has 2 aromatic carbocycles. The molecule has 1 saturated heterocycles. The third-order valence-corrected chi connectivity index (χ3v) is 6.79. The molecule has 1 aliphatic heterocycles. The fraction of sp³-hybridized carbons (Fsp3) is 0.400. The molecule has 2 aromatic rings. The summed E-state index contributed by atoms with van der Waals surface area (Å²) >= 11 is 12.4. The zero-order valence-corrected chi connectivity index (χ0v) is 18.9. The van der Waals surface area contributed by atoms with Crippen molar-refractivity contribution in [1.82, 2.24) is 4.90 Å². The van der Waals surface area contributed by atoms with Crippen molar-refractivity contribution >= 4 is 29.2 Å². The predicted molar refractivity (Wildman–Crippen MR) is 121 cm³/mol. The molecule has 1 heterocycles. The van der Waals surface area contributed by atoms with Gasteiger partial charge in [0.1, 0.15) is 0 Å². The van der Waals surface area contributed by atoms with Crippen molar-refractivity contribution in [1.29, 1.82) is 0 Å². The van der Waals surface area contributed by atoms with Crippen LogP contribution in [0.15, 0.2) is 36.4 Å². The summed E-state index contributed by atoms with van der Waals surface area (Å²) in [5, 5.41) is 1.08. The maximum Gasteiger partial charge on any atom is 0.343 e. The van der Waals surface area contributed by atoms with E-state index < -0.39 is 11.6 Å². The Morgan fingerprint density at radius 1 is 1.19 bits per heavy atom. The minimum absolute atomic E-state index is 0.180. The molecular formula is C25H24Cl2FNO2. The monoisotopic (exact) mass is 459 g/mol. The van der Waals surface area contributed by atoms with Crippen LogP contribution in [0.25, 0.3) is 0 Å². The number of rotatable bonds is 3. The van der Waals surface area contributed by atoms with Crippen LogP contribution in [0.3, 0.4) is 0 Å². The number of esters is 1. The lowest BCUT2D eigenvalue weighted by atomic mass is 9.91. The van der Waals surface area contributed by atoms with Gasteiger partial charge in [0.15, 0.2) is 0 Å². The smallest absolute Gasteiger partial charge is 0.343 e. The van der Waals surface area contributed by atoms with E-state index in [0.29, 0.717) is 28.7 Å². The van der Waals surface area contributed by atoms with Gasteiger partial charge in [-0.25, -0.2) is 9.18 Å². The second kappa shape index (κ2) is 9.20. The highest BCUT2D eigenvalue weighted by molar-refractivity contribution is 6.36. The molecule has 0 aromatic heterocycles. The number of piperidine rings is 1. The number of aryl methyl sites for hydroxylation is 1. The van der Waals surface area contributed by atoms with Crippen LogP contribution in [0.5, 0.6) is 0 Å². The molecule has 1 aliphatic carbocycles. The Hall–Kier alpha value is -2.06. The van der Waals surface area contributed by atoms with Crippen molar-refractivity contribution < 1.29 is 13.9 Å². The second-order valence-corrected chi connectivity index (χ2v) is 8.85. The van der Waals surface area contributed by atoms with E-state index in [1.54, 1.807) is 25.1 Å². The van der Waals surface area contributed by atoms with Gasteiger partial charge >= 0.3 is 5.97 Å². The van der Waals surface area contributed by atoms with Crippen molar-refractivity contribution in [2.45, 2.75) is 44.3 Å². The normalized spacial score (nSPS) is 19.9. The number of halogens is 3. The van der Waals surface area contributed by atoms with Crippen LogP contribution in [-0.2, 0) is 16.0 Å². The minimum Gasteiger partial charge on any atom is -0.464 e. The summed E-state index contributed by atoms with van der Waals surface area (Å²) in [7, 11) is 0. The van der Waals surface area contributed by atoms with E-state index in [1.165, 1.54) is 11.1 Å². The van der Waals surface area contributed by atoms with Gasteiger partial charge < -0.3 is 4.74 Å². The zero-order valence-electron chi connectivity index (χ0n) is 17.4. The molecule has 31 heavy (non-hydrogen) atoms.